The van der Waals surface area contributed by atoms with E-state index in [1.54, 1.807) is 0 Å². The van der Waals surface area contributed by atoms with Crippen LogP contribution in [0.4, 0.5) is 11.4 Å². The van der Waals surface area contributed by atoms with Crippen molar-refractivity contribution < 1.29 is 4.79 Å². The molecule has 0 saturated heterocycles. The molecule has 0 radical (unpaired) electrons. The highest BCUT2D eigenvalue weighted by Crippen LogP contribution is 2.20. The second kappa shape index (κ2) is 5.82. The fourth-order valence-electron chi connectivity index (χ4n) is 1.77. The van der Waals surface area contributed by atoms with Crippen LogP contribution in [0.15, 0.2) is 54.6 Å². The minimum Gasteiger partial charge on any atom is -0.356 e. The van der Waals surface area contributed by atoms with Crippen molar-refractivity contribution in [3.63, 3.8) is 0 Å². The average Bonchev–Trinajstić information content (AvgIpc) is 2.42. The number of carbonyl (C=O) groups excluding carboxylic acids is 1. The molecule has 2 nitrogen and oxygen atoms in total. The fraction of sp³-hybridized carbons (Fsp3) is 0.0625. The smallest absolute Gasteiger partial charge is 0.150 e. The maximum absolute atomic E-state index is 11.0. The van der Waals surface area contributed by atoms with Gasteiger partial charge in [-0.05, 0) is 36.8 Å². The van der Waals surface area contributed by atoms with Crippen molar-refractivity contribution in [3.05, 3.63) is 65.7 Å². The number of para-hydroxylation sites is 1. The number of anilines is 2. The van der Waals surface area contributed by atoms with Crippen molar-refractivity contribution in [3.8, 4) is 0 Å². The van der Waals surface area contributed by atoms with E-state index in [0.29, 0.717) is 5.56 Å². The number of rotatable bonds is 4. The van der Waals surface area contributed by atoms with E-state index in [1.165, 1.54) is 0 Å². The van der Waals surface area contributed by atoms with Gasteiger partial charge in [-0.1, -0.05) is 36.4 Å². The summed E-state index contributed by atoms with van der Waals surface area (Å²) in [6, 6.07) is 15.6. The van der Waals surface area contributed by atoms with Gasteiger partial charge in [-0.15, -0.1) is 0 Å². The van der Waals surface area contributed by atoms with Crippen molar-refractivity contribution in [2.24, 2.45) is 0 Å². The molecule has 18 heavy (non-hydrogen) atoms. The van der Waals surface area contributed by atoms with E-state index in [1.807, 2.05) is 67.6 Å². The first-order chi connectivity index (χ1) is 8.83. The Morgan fingerprint density at radius 1 is 0.944 bits per heavy atom. The number of carbonyl (C=O) groups is 1. The van der Waals surface area contributed by atoms with Crippen molar-refractivity contribution in [1.82, 2.24) is 0 Å². The molecule has 0 bridgehead atoms. The van der Waals surface area contributed by atoms with Crippen LogP contribution < -0.4 is 5.32 Å². The van der Waals surface area contributed by atoms with E-state index in [4.69, 9.17) is 0 Å². The van der Waals surface area contributed by atoms with E-state index >= 15 is 0 Å². The highest BCUT2D eigenvalue weighted by Gasteiger charge is 2.01. The largest absolute Gasteiger partial charge is 0.356 e. The first-order valence-corrected chi connectivity index (χ1v) is 5.87. The van der Waals surface area contributed by atoms with Crippen molar-refractivity contribution >= 4 is 23.7 Å². The third kappa shape index (κ3) is 2.86. The Morgan fingerprint density at radius 2 is 1.72 bits per heavy atom. The predicted molar refractivity (Wildman–Crippen MR) is 76.3 cm³/mol. The van der Waals surface area contributed by atoms with E-state index in [2.05, 4.69) is 5.32 Å². The molecule has 0 amide bonds. The Balaban J connectivity index is 2.28. The van der Waals surface area contributed by atoms with Gasteiger partial charge < -0.3 is 5.32 Å². The lowest BCUT2D eigenvalue weighted by molar-refractivity contribution is 0.112. The van der Waals surface area contributed by atoms with E-state index in [0.717, 1.165) is 23.2 Å². The Labute approximate surface area is 107 Å². The van der Waals surface area contributed by atoms with Crippen molar-refractivity contribution in [1.29, 1.82) is 0 Å². The molecule has 0 spiro atoms. The Morgan fingerprint density at radius 3 is 2.39 bits per heavy atom. The third-order valence-electron chi connectivity index (χ3n) is 2.62. The maximum atomic E-state index is 11.0. The van der Waals surface area contributed by atoms with Gasteiger partial charge in [0, 0.05) is 16.9 Å². The number of hydrogen-bond donors (Lipinski definition) is 1. The lowest BCUT2D eigenvalue weighted by Gasteiger charge is -2.08. The summed E-state index contributed by atoms with van der Waals surface area (Å²) in [4.78, 5) is 11.0. The van der Waals surface area contributed by atoms with Crippen LogP contribution in [0.5, 0.6) is 0 Å². The Hall–Kier alpha value is -2.35. The van der Waals surface area contributed by atoms with E-state index in [-0.39, 0.29) is 0 Å². The minimum atomic E-state index is 0.689. The van der Waals surface area contributed by atoms with Crippen LogP contribution in [-0.2, 0) is 0 Å². The van der Waals surface area contributed by atoms with Gasteiger partial charge in [0.05, 0.1) is 0 Å². The van der Waals surface area contributed by atoms with Gasteiger partial charge in [0.1, 0.15) is 0 Å². The average molecular weight is 237 g/mol. The molecule has 0 atom stereocenters. The summed E-state index contributed by atoms with van der Waals surface area (Å²) in [7, 11) is 0. The number of allylic oxidation sites excluding steroid dienone is 1. The first-order valence-electron chi connectivity index (χ1n) is 5.87. The van der Waals surface area contributed by atoms with Crippen LogP contribution in [-0.4, -0.2) is 6.29 Å². The zero-order chi connectivity index (χ0) is 12.8. The van der Waals surface area contributed by atoms with Crippen LogP contribution in [0.2, 0.25) is 0 Å². The van der Waals surface area contributed by atoms with Crippen LogP contribution >= 0.6 is 0 Å². The maximum Gasteiger partial charge on any atom is 0.150 e. The number of hydrogen-bond acceptors (Lipinski definition) is 2. The summed E-state index contributed by atoms with van der Waals surface area (Å²) in [5, 5.41) is 3.26. The number of benzene rings is 2. The molecule has 0 aliphatic carbocycles. The highest BCUT2D eigenvalue weighted by atomic mass is 16.1. The van der Waals surface area contributed by atoms with E-state index in [9.17, 15) is 4.79 Å². The zero-order valence-corrected chi connectivity index (χ0v) is 10.3. The van der Waals surface area contributed by atoms with Crippen molar-refractivity contribution in [2.75, 3.05) is 5.32 Å². The molecule has 0 saturated carbocycles. The lowest BCUT2D eigenvalue weighted by atomic mass is 10.1. The summed E-state index contributed by atoms with van der Waals surface area (Å²) >= 11 is 0. The molecule has 0 aromatic heterocycles. The van der Waals surface area contributed by atoms with Gasteiger partial charge >= 0.3 is 0 Å². The second-order valence-electron chi connectivity index (χ2n) is 3.95. The normalized spacial score (nSPS) is 10.5. The summed E-state index contributed by atoms with van der Waals surface area (Å²) in [6.45, 7) is 1.94. The molecule has 90 valence electrons. The summed E-state index contributed by atoms with van der Waals surface area (Å²) in [5.41, 5.74) is 3.55. The van der Waals surface area contributed by atoms with Gasteiger partial charge in [0.2, 0.25) is 0 Å². The standard InChI is InChI=1S/C16H15NO/c1-2-6-13-9-10-16(11-14(13)12-18)17-15-7-4-3-5-8-15/h2-12,17H,1H3. The van der Waals surface area contributed by atoms with Crippen LogP contribution in [0, 0.1) is 0 Å². The molecule has 2 heteroatoms. The molecule has 0 unspecified atom stereocenters. The van der Waals surface area contributed by atoms with Crippen molar-refractivity contribution in [2.45, 2.75) is 6.92 Å². The molecule has 0 heterocycles. The summed E-state index contributed by atoms with van der Waals surface area (Å²) in [5.74, 6) is 0. The van der Waals surface area contributed by atoms with Gasteiger partial charge in [-0.2, -0.15) is 0 Å². The molecule has 2 rings (SSSR count). The molecule has 0 aliphatic rings. The van der Waals surface area contributed by atoms with Crippen LogP contribution in [0.25, 0.3) is 6.08 Å². The Bertz CT molecular complexity index is 559. The van der Waals surface area contributed by atoms with Gasteiger partial charge in [-0.25, -0.2) is 0 Å². The molecular formula is C16H15NO. The topological polar surface area (TPSA) is 29.1 Å². The summed E-state index contributed by atoms with van der Waals surface area (Å²) in [6.07, 6.45) is 4.73. The quantitative estimate of drug-likeness (QED) is 0.804. The number of nitrogens with one attached hydrogen (secondary N) is 1. The van der Waals surface area contributed by atoms with Gasteiger partial charge in [-0.3, -0.25) is 4.79 Å². The minimum absolute atomic E-state index is 0.689. The Kier molecular flexibility index (Phi) is 3.92. The molecule has 0 fully saturated rings. The fourth-order valence-corrected chi connectivity index (χ4v) is 1.77. The zero-order valence-electron chi connectivity index (χ0n) is 10.3. The highest BCUT2D eigenvalue weighted by molar-refractivity contribution is 5.84. The SMILES string of the molecule is CC=Cc1ccc(Nc2ccccc2)cc1C=O. The third-order valence-corrected chi connectivity index (χ3v) is 2.62. The lowest BCUT2D eigenvalue weighted by Crippen LogP contribution is -1.93. The van der Waals surface area contributed by atoms with Crippen LogP contribution in [0.3, 0.4) is 0 Å². The van der Waals surface area contributed by atoms with Crippen LogP contribution in [0.1, 0.15) is 22.8 Å². The van der Waals surface area contributed by atoms with Gasteiger partial charge in [0.15, 0.2) is 6.29 Å². The molecular weight excluding hydrogens is 222 g/mol. The van der Waals surface area contributed by atoms with Gasteiger partial charge in [0.25, 0.3) is 0 Å². The molecule has 2 aromatic carbocycles. The first kappa shape index (κ1) is 12.1. The molecule has 1 N–H and O–H groups in total. The number of aldehydes is 1. The molecule has 2 aromatic rings. The predicted octanol–water partition coefficient (Wildman–Crippen LogP) is 4.28. The monoisotopic (exact) mass is 237 g/mol. The summed E-state index contributed by atoms with van der Waals surface area (Å²) < 4.78 is 0. The van der Waals surface area contributed by atoms with E-state index < -0.39 is 0 Å². The second-order valence-corrected chi connectivity index (χ2v) is 3.95. The molecule has 0 aliphatic heterocycles.